The smallest absolute Gasteiger partial charge is 0.0319 e. The van der Waals surface area contributed by atoms with Crippen molar-refractivity contribution >= 4 is 21.5 Å². The maximum atomic E-state index is 6.54. The van der Waals surface area contributed by atoms with Crippen molar-refractivity contribution in [3.8, 4) is 0 Å². The van der Waals surface area contributed by atoms with Crippen LogP contribution in [0.4, 0.5) is 5.69 Å². The minimum atomic E-state index is 0.148. The molecule has 0 aliphatic heterocycles. The average molecular weight is 458 g/mol. The molecule has 0 unspecified atom stereocenters. The molecule has 3 heteroatoms. The summed E-state index contributed by atoms with van der Waals surface area (Å²) >= 11 is 0. The summed E-state index contributed by atoms with van der Waals surface area (Å²) in [7, 11) is 0.296. The van der Waals surface area contributed by atoms with Gasteiger partial charge in [0.15, 0.2) is 0 Å². The van der Waals surface area contributed by atoms with Gasteiger partial charge in [0.05, 0.1) is 0 Å². The predicted octanol–water partition coefficient (Wildman–Crippen LogP) is 9.00. The molecular weight excluding hydrogens is 412 g/mol. The van der Waals surface area contributed by atoms with Gasteiger partial charge in [-0.3, -0.25) is 0 Å². The molecule has 1 aromatic carbocycles. The van der Waals surface area contributed by atoms with Crippen molar-refractivity contribution in [2.45, 2.75) is 138 Å². The van der Waals surface area contributed by atoms with Crippen LogP contribution in [0, 0.1) is 0 Å². The molecule has 2 N–H and O–H groups in total. The van der Waals surface area contributed by atoms with E-state index in [0.717, 1.165) is 28.3 Å². The highest BCUT2D eigenvalue weighted by atomic mass is 31.1. The van der Waals surface area contributed by atoms with Gasteiger partial charge in [-0.2, -0.15) is 0 Å². The van der Waals surface area contributed by atoms with Crippen LogP contribution < -0.4 is 5.73 Å². The van der Waals surface area contributed by atoms with Crippen LogP contribution >= 0.6 is 15.8 Å². The normalized spacial score (nSPS) is 24.5. The Morgan fingerprint density at radius 1 is 0.516 bits per heavy atom. The third-order valence-corrected chi connectivity index (χ3v) is 16.3. The van der Waals surface area contributed by atoms with Crippen LogP contribution in [0.2, 0.25) is 0 Å². The van der Waals surface area contributed by atoms with Crippen LogP contribution in [0.5, 0.6) is 0 Å². The molecular formula is C28H45NP2. The number of nitrogens with two attached hydrogens (primary N) is 1. The maximum absolute atomic E-state index is 6.54. The Bertz CT molecular complexity index is 607. The molecule has 0 heterocycles. The fraction of sp³-hybridized carbons (Fsp3) is 0.786. The zero-order chi connectivity index (χ0) is 21.0. The van der Waals surface area contributed by atoms with Crippen LogP contribution in [0.3, 0.4) is 0 Å². The van der Waals surface area contributed by atoms with Gasteiger partial charge in [0, 0.05) is 5.69 Å². The quantitative estimate of drug-likeness (QED) is 0.306. The van der Waals surface area contributed by atoms with Gasteiger partial charge in [-0.05, 0) is 110 Å². The average Bonchev–Trinajstić information content (AvgIpc) is 3.59. The Morgan fingerprint density at radius 2 is 0.806 bits per heavy atom. The van der Waals surface area contributed by atoms with E-state index in [4.69, 9.17) is 5.73 Å². The SMILES string of the molecule is Nc1cc(CP(C2CCCC2)C2CCCC2)cc(CP(C2CCCC2)C2CCCC2)c1. The first-order chi connectivity index (χ1) is 15.3. The Kier molecular flexibility index (Phi) is 7.95. The summed E-state index contributed by atoms with van der Waals surface area (Å²) in [5.41, 5.74) is 15.0. The minimum absolute atomic E-state index is 0.148. The zero-order valence-corrected chi connectivity index (χ0v) is 21.5. The monoisotopic (exact) mass is 457 g/mol. The number of nitrogen functional groups attached to an aromatic ring is 1. The van der Waals surface area contributed by atoms with E-state index in [-0.39, 0.29) is 15.8 Å². The van der Waals surface area contributed by atoms with E-state index in [1.165, 1.54) is 115 Å². The summed E-state index contributed by atoms with van der Waals surface area (Å²) in [6.07, 6.45) is 26.8. The van der Waals surface area contributed by atoms with Crippen molar-refractivity contribution in [2.75, 3.05) is 5.73 Å². The van der Waals surface area contributed by atoms with Gasteiger partial charge in [0.1, 0.15) is 0 Å². The van der Waals surface area contributed by atoms with Crippen LogP contribution in [0.25, 0.3) is 0 Å². The topological polar surface area (TPSA) is 26.0 Å². The van der Waals surface area contributed by atoms with Gasteiger partial charge in [0.25, 0.3) is 0 Å². The minimum Gasteiger partial charge on any atom is -0.399 e. The fourth-order valence-corrected chi connectivity index (χ4v) is 15.0. The van der Waals surface area contributed by atoms with Crippen molar-refractivity contribution in [1.29, 1.82) is 0 Å². The molecule has 172 valence electrons. The summed E-state index contributed by atoms with van der Waals surface area (Å²) < 4.78 is 0. The van der Waals surface area contributed by atoms with Gasteiger partial charge < -0.3 is 5.73 Å². The molecule has 1 nitrogen and oxygen atoms in total. The van der Waals surface area contributed by atoms with Crippen LogP contribution in [-0.2, 0) is 12.3 Å². The third-order valence-electron chi connectivity index (χ3n) is 8.98. The molecule has 0 aromatic heterocycles. The van der Waals surface area contributed by atoms with Crippen LogP contribution in [-0.4, -0.2) is 22.6 Å². The van der Waals surface area contributed by atoms with E-state index in [1.807, 2.05) is 0 Å². The second-order valence-electron chi connectivity index (χ2n) is 11.2. The van der Waals surface area contributed by atoms with Gasteiger partial charge in [-0.1, -0.05) is 73.3 Å². The van der Waals surface area contributed by atoms with Gasteiger partial charge in [-0.25, -0.2) is 0 Å². The van der Waals surface area contributed by atoms with E-state index in [0.29, 0.717) is 0 Å². The second kappa shape index (κ2) is 10.9. The lowest BCUT2D eigenvalue weighted by molar-refractivity contribution is 0.821. The molecule has 1 aromatic rings. The molecule has 5 rings (SSSR count). The first kappa shape index (κ1) is 22.7. The van der Waals surface area contributed by atoms with Crippen LogP contribution in [0.1, 0.15) is 114 Å². The first-order valence-corrected chi connectivity index (χ1v) is 17.0. The van der Waals surface area contributed by atoms with E-state index in [1.54, 1.807) is 11.1 Å². The first-order valence-electron chi connectivity index (χ1n) is 13.7. The lowest BCUT2D eigenvalue weighted by atomic mass is 10.1. The zero-order valence-electron chi connectivity index (χ0n) is 19.7. The second-order valence-corrected chi connectivity index (χ2v) is 16.8. The highest BCUT2D eigenvalue weighted by molar-refractivity contribution is 7.58. The summed E-state index contributed by atoms with van der Waals surface area (Å²) in [6, 6.07) is 7.35. The van der Waals surface area contributed by atoms with Gasteiger partial charge >= 0.3 is 0 Å². The molecule has 0 radical (unpaired) electrons. The molecule has 0 atom stereocenters. The van der Waals surface area contributed by atoms with E-state index in [9.17, 15) is 0 Å². The molecule has 0 bridgehead atoms. The van der Waals surface area contributed by atoms with Crippen molar-refractivity contribution in [3.05, 3.63) is 29.3 Å². The summed E-state index contributed by atoms with van der Waals surface area (Å²) in [5.74, 6) is 0. The van der Waals surface area contributed by atoms with Crippen molar-refractivity contribution in [3.63, 3.8) is 0 Å². The van der Waals surface area contributed by atoms with Crippen molar-refractivity contribution in [1.82, 2.24) is 0 Å². The van der Waals surface area contributed by atoms with E-state index in [2.05, 4.69) is 18.2 Å². The number of anilines is 1. The maximum Gasteiger partial charge on any atom is 0.0319 e. The molecule has 4 saturated carbocycles. The Labute approximate surface area is 194 Å². The standard InChI is InChI=1S/C28H45NP2/c29-24-18-22(20-30(25-9-1-2-10-25)26-11-3-4-12-26)17-23(19-24)21-31(27-13-5-6-14-27)28-15-7-8-16-28/h17-19,25-28H,1-16,20-21,29H2. The highest BCUT2D eigenvalue weighted by Crippen LogP contribution is 2.60. The van der Waals surface area contributed by atoms with E-state index >= 15 is 0 Å². The van der Waals surface area contributed by atoms with Crippen molar-refractivity contribution < 1.29 is 0 Å². The number of hydrogen-bond acceptors (Lipinski definition) is 1. The lowest BCUT2D eigenvalue weighted by Gasteiger charge is -2.32. The number of benzene rings is 1. The number of hydrogen-bond donors (Lipinski definition) is 1. The Balaban J connectivity index is 1.33. The van der Waals surface area contributed by atoms with Crippen molar-refractivity contribution in [2.24, 2.45) is 0 Å². The third kappa shape index (κ3) is 5.69. The number of rotatable bonds is 8. The molecule has 4 aliphatic carbocycles. The molecule has 0 amide bonds. The summed E-state index contributed by atoms with van der Waals surface area (Å²) in [5, 5.41) is 0. The van der Waals surface area contributed by atoms with Gasteiger partial charge in [0.2, 0.25) is 0 Å². The molecule has 4 fully saturated rings. The van der Waals surface area contributed by atoms with Crippen LogP contribution in [0.15, 0.2) is 18.2 Å². The summed E-state index contributed by atoms with van der Waals surface area (Å²) in [6.45, 7) is 0. The molecule has 4 aliphatic rings. The summed E-state index contributed by atoms with van der Waals surface area (Å²) in [4.78, 5) is 0. The highest BCUT2D eigenvalue weighted by Gasteiger charge is 2.34. The Morgan fingerprint density at radius 3 is 1.10 bits per heavy atom. The lowest BCUT2D eigenvalue weighted by Crippen LogP contribution is -2.13. The fourth-order valence-electron chi connectivity index (χ4n) is 7.45. The van der Waals surface area contributed by atoms with Gasteiger partial charge in [-0.15, -0.1) is 0 Å². The Hall–Kier alpha value is -0.120. The largest absolute Gasteiger partial charge is 0.399 e. The van der Waals surface area contributed by atoms with E-state index < -0.39 is 0 Å². The molecule has 0 saturated heterocycles. The predicted molar refractivity (Wildman–Crippen MR) is 141 cm³/mol. The molecule has 31 heavy (non-hydrogen) atoms. The molecule has 0 spiro atoms.